The lowest BCUT2D eigenvalue weighted by molar-refractivity contribution is -0.140. The Morgan fingerprint density at radius 3 is 1.59 bits per heavy atom. The summed E-state index contributed by atoms with van der Waals surface area (Å²) in [5, 5.41) is 13.9. The van der Waals surface area contributed by atoms with Gasteiger partial charge < -0.3 is 41.8 Å². The number of aliphatic hydroxyl groups excluding tert-OH is 1. The van der Waals surface area contributed by atoms with E-state index in [-0.39, 0.29) is 48.4 Å². The highest BCUT2D eigenvalue weighted by Gasteiger charge is 2.28. The maximum absolute atomic E-state index is 13.0. The average molecular weight is 621 g/mol. The third-order valence-electron chi connectivity index (χ3n) is 6.48. The SMILES string of the molecule is CCO.CCOC(=O)C1=C(N)N[C@@H](c2ccc(F)cc2)CC1.CCOC(=O)C1=C(OCC)N[C@@H](c2ccc(F)cc2)CC1.N. The lowest BCUT2D eigenvalue weighted by Crippen LogP contribution is -2.33. The Balaban J connectivity index is 0.000000397. The summed E-state index contributed by atoms with van der Waals surface area (Å²) in [6.07, 6.45) is 2.58. The fourth-order valence-corrected chi connectivity index (χ4v) is 4.50. The number of carbonyl (C=O) groups excluding carboxylic acids is 2. The highest BCUT2D eigenvalue weighted by Crippen LogP contribution is 2.30. The number of aliphatic hydroxyl groups is 1. The molecule has 0 aromatic heterocycles. The Kier molecular flexibility index (Phi) is 17.1. The number of rotatable bonds is 8. The van der Waals surface area contributed by atoms with E-state index in [0.717, 1.165) is 24.0 Å². The van der Waals surface area contributed by atoms with Crippen LogP contribution >= 0.6 is 0 Å². The van der Waals surface area contributed by atoms with Crippen molar-refractivity contribution in [3.63, 3.8) is 0 Å². The molecule has 10 nitrogen and oxygen atoms in total. The number of benzene rings is 2. The van der Waals surface area contributed by atoms with E-state index in [0.29, 0.717) is 55.5 Å². The summed E-state index contributed by atoms with van der Waals surface area (Å²) >= 11 is 0. The first-order valence-corrected chi connectivity index (χ1v) is 14.5. The van der Waals surface area contributed by atoms with E-state index in [4.69, 9.17) is 25.1 Å². The molecule has 2 atom stereocenters. The van der Waals surface area contributed by atoms with E-state index in [1.807, 2.05) is 6.92 Å². The monoisotopic (exact) mass is 620 g/mol. The standard InChI is InChI=1S/C16H20FNO3.C14H17FN2O2.C2H6O.H3N/c1-3-20-15-13(16(19)21-4-2)9-10-14(18-15)11-5-7-12(17)8-6-11;1-2-19-14(18)11-7-8-12(17-13(11)16)9-3-5-10(15)6-4-9;1-2-3;/h5-8,14,18H,3-4,9-10H2,1-2H3;3-6,12,17H,2,7-8,16H2,1H3;3H,2H2,1H3;1H3/t14-;12-;;/m11../s1. The van der Waals surface area contributed by atoms with Crippen molar-refractivity contribution in [2.24, 2.45) is 5.73 Å². The fourth-order valence-electron chi connectivity index (χ4n) is 4.50. The number of nitrogens with one attached hydrogen (secondary N) is 2. The first kappa shape index (κ1) is 37.9. The molecule has 0 spiro atoms. The van der Waals surface area contributed by atoms with Gasteiger partial charge in [-0.15, -0.1) is 0 Å². The zero-order valence-corrected chi connectivity index (χ0v) is 26.0. The van der Waals surface area contributed by atoms with Gasteiger partial charge in [-0.05, 0) is 88.8 Å². The van der Waals surface area contributed by atoms with Crippen LogP contribution in [0.4, 0.5) is 8.78 Å². The molecule has 0 saturated heterocycles. The van der Waals surface area contributed by atoms with Gasteiger partial charge >= 0.3 is 11.9 Å². The zero-order valence-electron chi connectivity index (χ0n) is 26.0. The molecular formula is C32H46F2N4O6. The molecule has 12 heteroatoms. The molecule has 44 heavy (non-hydrogen) atoms. The van der Waals surface area contributed by atoms with Crippen molar-refractivity contribution >= 4 is 11.9 Å². The van der Waals surface area contributed by atoms with Crippen LogP contribution in [-0.2, 0) is 23.8 Å². The Morgan fingerprint density at radius 2 is 1.18 bits per heavy atom. The summed E-state index contributed by atoms with van der Waals surface area (Å²) in [7, 11) is 0. The van der Waals surface area contributed by atoms with Crippen molar-refractivity contribution < 1.29 is 37.7 Å². The lowest BCUT2D eigenvalue weighted by atomic mass is 9.95. The minimum absolute atomic E-state index is 0. The van der Waals surface area contributed by atoms with Crippen molar-refractivity contribution in [2.75, 3.05) is 26.4 Å². The van der Waals surface area contributed by atoms with Gasteiger partial charge in [-0.3, -0.25) is 0 Å². The van der Waals surface area contributed by atoms with E-state index in [1.165, 1.54) is 24.3 Å². The molecule has 2 aliphatic rings. The molecule has 0 saturated carbocycles. The minimum atomic E-state index is -0.370. The molecule has 8 N–H and O–H groups in total. The van der Waals surface area contributed by atoms with Gasteiger partial charge in [0.05, 0.1) is 43.1 Å². The minimum Gasteiger partial charge on any atom is -0.479 e. The average Bonchev–Trinajstić information content (AvgIpc) is 2.99. The van der Waals surface area contributed by atoms with Gasteiger partial charge in [-0.2, -0.15) is 0 Å². The largest absolute Gasteiger partial charge is 0.479 e. The molecule has 0 unspecified atom stereocenters. The summed E-state index contributed by atoms with van der Waals surface area (Å²) in [6.45, 7) is 8.45. The van der Waals surface area contributed by atoms with Crippen LogP contribution in [0.15, 0.2) is 71.4 Å². The van der Waals surface area contributed by atoms with Crippen molar-refractivity contribution in [1.29, 1.82) is 0 Å². The maximum atomic E-state index is 13.0. The van der Waals surface area contributed by atoms with E-state index in [1.54, 1.807) is 45.0 Å². The normalized spacial score (nSPS) is 17.2. The van der Waals surface area contributed by atoms with Crippen molar-refractivity contribution in [1.82, 2.24) is 16.8 Å². The number of ether oxygens (including phenoxy) is 3. The second kappa shape index (κ2) is 19.9. The molecule has 2 heterocycles. The van der Waals surface area contributed by atoms with E-state index >= 15 is 0 Å². The van der Waals surface area contributed by atoms with Gasteiger partial charge in [-0.25, -0.2) is 18.4 Å². The Morgan fingerprint density at radius 1 is 0.773 bits per heavy atom. The van der Waals surface area contributed by atoms with Crippen LogP contribution in [0.1, 0.15) is 76.6 Å². The van der Waals surface area contributed by atoms with Gasteiger partial charge in [0.2, 0.25) is 0 Å². The van der Waals surface area contributed by atoms with Crippen LogP contribution in [0.25, 0.3) is 0 Å². The number of halogens is 2. The third kappa shape index (κ3) is 11.5. The molecule has 0 fully saturated rings. The van der Waals surface area contributed by atoms with Gasteiger partial charge in [-0.1, -0.05) is 24.3 Å². The van der Waals surface area contributed by atoms with Gasteiger partial charge in [0.1, 0.15) is 17.5 Å². The van der Waals surface area contributed by atoms with Crippen molar-refractivity contribution in [2.45, 2.75) is 65.5 Å². The molecule has 2 aromatic rings. The van der Waals surface area contributed by atoms with Crippen molar-refractivity contribution in [3.05, 3.63) is 94.1 Å². The second-order valence-electron chi connectivity index (χ2n) is 9.46. The molecule has 0 bridgehead atoms. The van der Waals surface area contributed by atoms with E-state index in [9.17, 15) is 18.4 Å². The Labute approximate surface area is 258 Å². The number of nitrogens with two attached hydrogens (primary N) is 1. The molecule has 0 aliphatic carbocycles. The summed E-state index contributed by atoms with van der Waals surface area (Å²) in [4.78, 5) is 23.6. The highest BCUT2D eigenvalue weighted by molar-refractivity contribution is 5.89. The van der Waals surface area contributed by atoms with Gasteiger partial charge in [0.25, 0.3) is 0 Å². The first-order valence-electron chi connectivity index (χ1n) is 14.5. The molecule has 244 valence electrons. The molecule has 0 radical (unpaired) electrons. The van der Waals surface area contributed by atoms with E-state index < -0.39 is 0 Å². The predicted molar refractivity (Wildman–Crippen MR) is 164 cm³/mol. The summed E-state index contributed by atoms with van der Waals surface area (Å²) in [6, 6.07) is 12.6. The Hall–Kier alpha value is -4.16. The van der Waals surface area contributed by atoms with Crippen LogP contribution in [0, 0.1) is 11.6 Å². The van der Waals surface area contributed by atoms with Crippen LogP contribution in [-0.4, -0.2) is 43.5 Å². The predicted octanol–water partition coefficient (Wildman–Crippen LogP) is 5.21. The summed E-state index contributed by atoms with van der Waals surface area (Å²) in [5.74, 6) is -0.427. The number of carbonyl (C=O) groups is 2. The number of esters is 2. The van der Waals surface area contributed by atoms with Crippen LogP contribution in [0.3, 0.4) is 0 Å². The summed E-state index contributed by atoms with van der Waals surface area (Å²) < 4.78 is 41.4. The second-order valence-corrected chi connectivity index (χ2v) is 9.46. The van der Waals surface area contributed by atoms with E-state index in [2.05, 4.69) is 10.6 Å². The fraction of sp³-hybridized carbons (Fsp3) is 0.438. The van der Waals surface area contributed by atoms with Crippen LogP contribution in [0.2, 0.25) is 0 Å². The maximum Gasteiger partial charge on any atom is 0.339 e. The van der Waals surface area contributed by atoms with Gasteiger partial charge in [0.15, 0.2) is 5.88 Å². The first-order chi connectivity index (χ1) is 20.7. The molecular weight excluding hydrogens is 574 g/mol. The number of hydrogen-bond donors (Lipinski definition) is 5. The zero-order chi connectivity index (χ0) is 31.8. The van der Waals surface area contributed by atoms with Crippen molar-refractivity contribution in [3.8, 4) is 0 Å². The third-order valence-corrected chi connectivity index (χ3v) is 6.48. The van der Waals surface area contributed by atoms with Crippen LogP contribution < -0.4 is 22.5 Å². The Bertz CT molecular complexity index is 1240. The molecule has 2 aliphatic heterocycles. The molecule has 4 rings (SSSR count). The molecule has 0 amide bonds. The quantitative estimate of drug-likeness (QED) is 0.247. The summed E-state index contributed by atoms with van der Waals surface area (Å²) in [5.41, 5.74) is 8.81. The number of hydrogen-bond acceptors (Lipinski definition) is 10. The lowest BCUT2D eigenvalue weighted by Gasteiger charge is -2.28. The smallest absolute Gasteiger partial charge is 0.339 e. The van der Waals surface area contributed by atoms with Gasteiger partial charge in [0, 0.05) is 6.61 Å². The van der Waals surface area contributed by atoms with Crippen LogP contribution in [0.5, 0.6) is 0 Å². The highest BCUT2D eigenvalue weighted by atomic mass is 19.1. The molecule has 2 aromatic carbocycles. The topological polar surface area (TPSA) is 167 Å².